The van der Waals surface area contributed by atoms with Gasteiger partial charge in [-0.15, -0.1) is 11.8 Å². The van der Waals surface area contributed by atoms with E-state index in [9.17, 15) is 14.4 Å². The lowest BCUT2D eigenvalue weighted by atomic mass is 10.1. The Morgan fingerprint density at radius 3 is 2.50 bits per heavy atom. The Balaban J connectivity index is 1.94. The summed E-state index contributed by atoms with van der Waals surface area (Å²) in [4.78, 5) is 37.2. The van der Waals surface area contributed by atoms with Crippen LogP contribution < -0.4 is 5.73 Å². The molecule has 0 aromatic heterocycles. The topological polar surface area (TPSA) is 83.7 Å². The van der Waals surface area contributed by atoms with Crippen LogP contribution in [0.15, 0.2) is 0 Å². The number of thioether (sulfide) groups is 1. The van der Waals surface area contributed by atoms with E-state index in [-0.39, 0.29) is 29.5 Å². The molecule has 0 saturated carbocycles. The van der Waals surface area contributed by atoms with Gasteiger partial charge in [-0.05, 0) is 0 Å². The number of carbonyl (C=O) groups excluding carboxylic acids is 3. The van der Waals surface area contributed by atoms with Crippen molar-refractivity contribution in [3.63, 3.8) is 0 Å². The molecule has 0 atom stereocenters. The highest BCUT2D eigenvalue weighted by atomic mass is 32.2. The lowest BCUT2D eigenvalue weighted by molar-refractivity contribution is -0.147. The minimum atomic E-state index is -0.455. The van der Waals surface area contributed by atoms with Crippen molar-refractivity contribution in [1.82, 2.24) is 9.80 Å². The molecule has 7 heteroatoms. The van der Waals surface area contributed by atoms with Crippen molar-refractivity contribution in [2.45, 2.75) is 24.6 Å². The van der Waals surface area contributed by atoms with Gasteiger partial charge in [-0.2, -0.15) is 0 Å². The van der Waals surface area contributed by atoms with Gasteiger partial charge < -0.3 is 15.5 Å². The van der Waals surface area contributed by atoms with Gasteiger partial charge in [-0.3, -0.25) is 14.4 Å². The number of amides is 3. The van der Waals surface area contributed by atoms with Gasteiger partial charge in [0.25, 0.3) is 0 Å². The van der Waals surface area contributed by atoms with E-state index < -0.39 is 5.91 Å². The highest BCUT2D eigenvalue weighted by molar-refractivity contribution is 8.01. The third kappa shape index (κ3) is 2.31. The number of rotatable bonds is 3. The molecule has 3 amide bonds. The van der Waals surface area contributed by atoms with Gasteiger partial charge >= 0.3 is 0 Å². The standard InChI is InChI=1S/C11H17N3O3S/c1-8(15)13-6-11(7-13)14(4-5-18-11)10(17)3-2-9(12)16/h2-7H2,1H3,(H2,12,16). The van der Waals surface area contributed by atoms with Crippen LogP contribution in [0.25, 0.3) is 0 Å². The second-order valence-corrected chi connectivity index (χ2v) is 6.14. The van der Waals surface area contributed by atoms with E-state index in [1.54, 1.807) is 21.6 Å². The Hall–Kier alpha value is -1.24. The van der Waals surface area contributed by atoms with Crippen LogP contribution in [0.3, 0.4) is 0 Å². The first-order valence-corrected chi connectivity index (χ1v) is 6.91. The molecule has 18 heavy (non-hydrogen) atoms. The first-order chi connectivity index (χ1) is 8.44. The molecule has 1 spiro atoms. The summed E-state index contributed by atoms with van der Waals surface area (Å²) in [5.74, 6) is 0.427. The maximum Gasteiger partial charge on any atom is 0.224 e. The monoisotopic (exact) mass is 271 g/mol. The smallest absolute Gasteiger partial charge is 0.224 e. The van der Waals surface area contributed by atoms with E-state index in [0.717, 1.165) is 5.75 Å². The van der Waals surface area contributed by atoms with Crippen LogP contribution in [0.5, 0.6) is 0 Å². The zero-order chi connectivity index (χ0) is 13.3. The number of hydrogen-bond acceptors (Lipinski definition) is 4. The largest absolute Gasteiger partial charge is 0.370 e. The Labute approximate surface area is 110 Å². The normalized spacial score (nSPS) is 20.9. The second kappa shape index (κ2) is 4.79. The molecule has 0 unspecified atom stereocenters. The molecule has 2 rings (SSSR count). The van der Waals surface area contributed by atoms with Crippen LogP contribution in [-0.2, 0) is 14.4 Å². The van der Waals surface area contributed by atoms with Crippen LogP contribution in [0, 0.1) is 0 Å². The van der Waals surface area contributed by atoms with Crippen molar-refractivity contribution >= 4 is 29.5 Å². The molecule has 0 aromatic carbocycles. The summed E-state index contributed by atoms with van der Waals surface area (Å²) in [5, 5.41) is 0. The van der Waals surface area contributed by atoms with Gasteiger partial charge in [0.1, 0.15) is 4.87 Å². The zero-order valence-corrected chi connectivity index (χ0v) is 11.2. The summed E-state index contributed by atoms with van der Waals surface area (Å²) >= 11 is 1.72. The third-order valence-corrected chi connectivity index (χ3v) is 4.79. The van der Waals surface area contributed by atoms with Crippen molar-refractivity contribution in [3.05, 3.63) is 0 Å². The molecule has 2 saturated heterocycles. The van der Waals surface area contributed by atoms with Crippen LogP contribution in [0.2, 0.25) is 0 Å². The SMILES string of the molecule is CC(=O)N1CC2(C1)SCCN2C(=O)CCC(N)=O. The first-order valence-electron chi connectivity index (χ1n) is 5.93. The van der Waals surface area contributed by atoms with Crippen LogP contribution >= 0.6 is 11.8 Å². The van der Waals surface area contributed by atoms with E-state index in [1.807, 2.05) is 0 Å². The summed E-state index contributed by atoms with van der Waals surface area (Å²) in [6, 6.07) is 0. The summed E-state index contributed by atoms with van der Waals surface area (Å²) in [6.45, 7) is 3.41. The lowest BCUT2D eigenvalue weighted by Gasteiger charge is -2.51. The van der Waals surface area contributed by atoms with Gasteiger partial charge in [0.05, 0.1) is 13.1 Å². The van der Waals surface area contributed by atoms with Gasteiger partial charge in [0.15, 0.2) is 0 Å². The van der Waals surface area contributed by atoms with Crippen molar-refractivity contribution in [3.8, 4) is 0 Å². The molecule has 2 aliphatic heterocycles. The summed E-state index contributed by atoms with van der Waals surface area (Å²) in [6.07, 6.45) is 0.254. The maximum atomic E-state index is 12.0. The molecule has 0 bridgehead atoms. The number of hydrogen-bond donors (Lipinski definition) is 1. The zero-order valence-electron chi connectivity index (χ0n) is 10.3. The lowest BCUT2D eigenvalue weighted by Crippen LogP contribution is -2.68. The van der Waals surface area contributed by atoms with E-state index in [2.05, 4.69) is 0 Å². The predicted molar refractivity (Wildman–Crippen MR) is 67.6 cm³/mol. The maximum absolute atomic E-state index is 12.0. The van der Waals surface area contributed by atoms with Crippen LogP contribution in [0.1, 0.15) is 19.8 Å². The Bertz CT molecular complexity index is 393. The molecule has 2 aliphatic rings. The van der Waals surface area contributed by atoms with Crippen LogP contribution in [-0.4, -0.2) is 57.8 Å². The fourth-order valence-corrected chi connectivity index (χ4v) is 3.86. The molecular weight excluding hydrogens is 254 g/mol. The van der Waals surface area contributed by atoms with E-state index in [1.165, 1.54) is 6.92 Å². The predicted octanol–water partition coefficient (Wildman–Crippen LogP) is -0.614. The Morgan fingerprint density at radius 1 is 1.28 bits per heavy atom. The quantitative estimate of drug-likeness (QED) is 0.742. The van der Waals surface area contributed by atoms with E-state index in [0.29, 0.717) is 19.6 Å². The molecule has 2 heterocycles. The van der Waals surface area contributed by atoms with Crippen molar-refractivity contribution in [1.29, 1.82) is 0 Å². The van der Waals surface area contributed by atoms with Gasteiger partial charge in [-0.1, -0.05) is 0 Å². The molecule has 100 valence electrons. The van der Waals surface area contributed by atoms with Gasteiger partial charge in [0, 0.05) is 32.1 Å². The molecule has 0 aliphatic carbocycles. The van der Waals surface area contributed by atoms with Crippen molar-refractivity contribution in [2.75, 3.05) is 25.4 Å². The average Bonchev–Trinajstić information content (AvgIpc) is 2.67. The van der Waals surface area contributed by atoms with E-state index >= 15 is 0 Å². The Kier molecular flexibility index (Phi) is 3.52. The fraction of sp³-hybridized carbons (Fsp3) is 0.727. The molecular formula is C11H17N3O3S. The highest BCUT2D eigenvalue weighted by Crippen LogP contribution is 2.43. The summed E-state index contributed by atoms with van der Waals surface area (Å²) < 4.78 is 0. The minimum Gasteiger partial charge on any atom is -0.370 e. The number of likely N-dealkylation sites (tertiary alicyclic amines) is 1. The van der Waals surface area contributed by atoms with Crippen molar-refractivity contribution in [2.24, 2.45) is 5.73 Å². The first kappa shape index (κ1) is 13.2. The average molecular weight is 271 g/mol. The van der Waals surface area contributed by atoms with Gasteiger partial charge in [0.2, 0.25) is 17.7 Å². The molecule has 2 N–H and O–H groups in total. The highest BCUT2D eigenvalue weighted by Gasteiger charge is 2.53. The molecule has 0 aromatic rings. The summed E-state index contributed by atoms with van der Waals surface area (Å²) in [7, 11) is 0. The number of nitrogens with zero attached hydrogens (tertiary/aromatic N) is 2. The van der Waals surface area contributed by atoms with Crippen LogP contribution in [0.4, 0.5) is 0 Å². The number of nitrogens with two attached hydrogens (primary N) is 1. The number of primary amides is 1. The molecule has 6 nitrogen and oxygen atoms in total. The number of carbonyl (C=O) groups is 3. The Morgan fingerprint density at radius 2 is 1.94 bits per heavy atom. The fourth-order valence-electron chi connectivity index (χ4n) is 2.36. The van der Waals surface area contributed by atoms with Gasteiger partial charge in [-0.25, -0.2) is 0 Å². The van der Waals surface area contributed by atoms with Crippen molar-refractivity contribution < 1.29 is 14.4 Å². The molecule has 2 fully saturated rings. The molecule has 0 radical (unpaired) electrons. The third-order valence-electron chi connectivity index (χ3n) is 3.39. The minimum absolute atomic E-state index is 0.0395. The second-order valence-electron chi connectivity index (χ2n) is 4.68. The summed E-state index contributed by atoms with van der Waals surface area (Å²) in [5.41, 5.74) is 5.05. The van der Waals surface area contributed by atoms with E-state index in [4.69, 9.17) is 5.73 Å².